The van der Waals surface area contributed by atoms with Crippen molar-refractivity contribution in [2.45, 2.75) is 0 Å². The van der Waals surface area contributed by atoms with Crippen LogP contribution in [0.4, 0.5) is 0 Å². The Bertz CT molecular complexity index is 699. The molecule has 0 aliphatic carbocycles. The zero-order valence-corrected chi connectivity index (χ0v) is 13.5. The minimum atomic E-state index is -0.349. The first-order valence-corrected chi connectivity index (χ1v) is 7.61. The fraction of sp³-hybridized carbons (Fsp3) is 0.167. The number of nitrogens with one attached hydrogen (secondary N) is 3. The van der Waals surface area contributed by atoms with Gasteiger partial charge in [-0.05, 0) is 36.9 Å². The van der Waals surface area contributed by atoms with Crippen LogP contribution in [0.1, 0.15) is 15.9 Å². The van der Waals surface area contributed by atoms with Gasteiger partial charge in [-0.3, -0.25) is 14.6 Å². The Morgan fingerprint density at radius 3 is 2.54 bits per heavy atom. The monoisotopic (exact) mass is 324 g/mol. The lowest BCUT2D eigenvalue weighted by atomic mass is 10.2. The molecule has 2 aromatic rings. The van der Waals surface area contributed by atoms with Crippen molar-refractivity contribution >= 4 is 17.9 Å². The van der Waals surface area contributed by atoms with E-state index < -0.39 is 0 Å². The first kappa shape index (κ1) is 17.4. The molecule has 124 valence electrons. The van der Waals surface area contributed by atoms with Crippen LogP contribution in [-0.2, 0) is 4.79 Å². The number of aromatic nitrogens is 1. The average molecular weight is 324 g/mol. The SMILES string of the molecule is CNCCNC(=O)/C(=C\c1cccnc1)NC(=O)c1ccccc1. The van der Waals surface area contributed by atoms with Gasteiger partial charge in [0.05, 0.1) is 0 Å². The number of benzene rings is 1. The summed E-state index contributed by atoms with van der Waals surface area (Å²) >= 11 is 0. The molecule has 0 spiro atoms. The van der Waals surface area contributed by atoms with Crippen molar-refractivity contribution in [2.24, 2.45) is 0 Å². The fourth-order valence-electron chi connectivity index (χ4n) is 1.97. The summed E-state index contributed by atoms with van der Waals surface area (Å²) in [5, 5.41) is 8.37. The van der Waals surface area contributed by atoms with Gasteiger partial charge in [-0.2, -0.15) is 0 Å². The van der Waals surface area contributed by atoms with E-state index in [2.05, 4.69) is 20.9 Å². The first-order chi connectivity index (χ1) is 11.7. The average Bonchev–Trinajstić information content (AvgIpc) is 2.63. The van der Waals surface area contributed by atoms with Crippen molar-refractivity contribution in [1.29, 1.82) is 0 Å². The largest absolute Gasteiger partial charge is 0.349 e. The Morgan fingerprint density at radius 1 is 1.08 bits per heavy atom. The number of hydrogen-bond acceptors (Lipinski definition) is 4. The van der Waals surface area contributed by atoms with Gasteiger partial charge in [0.1, 0.15) is 5.70 Å². The summed E-state index contributed by atoms with van der Waals surface area (Å²) in [4.78, 5) is 28.7. The Morgan fingerprint density at radius 2 is 1.88 bits per heavy atom. The van der Waals surface area contributed by atoms with Crippen molar-refractivity contribution < 1.29 is 9.59 Å². The van der Waals surface area contributed by atoms with Gasteiger partial charge in [-0.15, -0.1) is 0 Å². The van der Waals surface area contributed by atoms with E-state index in [1.54, 1.807) is 55.8 Å². The van der Waals surface area contributed by atoms with Crippen molar-refractivity contribution in [2.75, 3.05) is 20.1 Å². The molecule has 3 N–H and O–H groups in total. The van der Waals surface area contributed by atoms with Crippen LogP contribution < -0.4 is 16.0 Å². The van der Waals surface area contributed by atoms with E-state index in [9.17, 15) is 9.59 Å². The van der Waals surface area contributed by atoms with E-state index in [-0.39, 0.29) is 17.5 Å². The van der Waals surface area contributed by atoms with Crippen LogP contribution in [0.25, 0.3) is 6.08 Å². The maximum atomic E-state index is 12.3. The third kappa shape index (κ3) is 5.33. The summed E-state index contributed by atoms with van der Waals surface area (Å²) in [5.74, 6) is -0.687. The van der Waals surface area contributed by atoms with Crippen LogP contribution >= 0.6 is 0 Å². The van der Waals surface area contributed by atoms with Crippen molar-refractivity contribution in [3.63, 3.8) is 0 Å². The number of carbonyl (C=O) groups excluding carboxylic acids is 2. The molecular weight excluding hydrogens is 304 g/mol. The molecule has 0 fully saturated rings. The van der Waals surface area contributed by atoms with Gasteiger partial charge in [0.15, 0.2) is 0 Å². The van der Waals surface area contributed by atoms with Gasteiger partial charge in [0, 0.05) is 31.0 Å². The highest BCUT2D eigenvalue weighted by atomic mass is 16.2. The zero-order chi connectivity index (χ0) is 17.2. The second-order valence-corrected chi connectivity index (χ2v) is 5.02. The highest BCUT2D eigenvalue weighted by Crippen LogP contribution is 2.06. The first-order valence-electron chi connectivity index (χ1n) is 7.61. The summed E-state index contributed by atoms with van der Waals surface area (Å²) in [6.07, 6.45) is 4.87. The molecule has 0 bridgehead atoms. The van der Waals surface area contributed by atoms with Gasteiger partial charge in [0.2, 0.25) is 0 Å². The quantitative estimate of drug-likeness (QED) is 0.528. The van der Waals surface area contributed by atoms with E-state index in [1.807, 2.05) is 12.1 Å². The molecule has 0 radical (unpaired) electrons. The fourth-order valence-corrected chi connectivity index (χ4v) is 1.97. The molecule has 2 rings (SSSR count). The number of rotatable bonds is 7. The smallest absolute Gasteiger partial charge is 0.267 e. The molecule has 6 heteroatoms. The van der Waals surface area contributed by atoms with Gasteiger partial charge in [-0.25, -0.2) is 0 Å². The Labute approximate surface area is 141 Å². The molecule has 0 atom stereocenters. The summed E-state index contributed by atoms with van der Waals surface area (Å²) in [5.41, 5.74) is 1.38. The van der Waals surface area contributed by atoms with Crippen LogP contribution in [0, 0.1) is 0 Å². The van der Waals surface area contributed by atoms with Crippen LogP contribution in [0.2, 0.25) is 0 Å². The predicted octanol–water partition coefficient (Wildman–Crippen LogP) is 1.19. The highest BCUT2D eigenvalue weighted by Gasteiger charge is 2.14. The van der Waals surface area contributed by atoms with E-state index in [1.165, 1.54) is 0 Å². The normalized spacial score (nSPS) is 11.0. The van der Waals surface area contributed by atoms with E-state index in [0.29, 0.717) is 18.7 Å². The highest BCUT2D eigenvalue weighted by molar-refractivity contribution is 6.05. The van der Waals surface area contributed by atoms with E-state index in [4.69, 9.17) is 0 Å². The number of amides is 2. The number of nitrogens with zero attached hydrogens (tertiary/aromatic N) is 1. The van der Waals surface area contributed by atoms with Crippen LogP contribution in [-0.4, -0.2) is 36.9 Å². The predicted molar refractivity (Wildman–Crippen MR) is 93.1 cm³/mol. The molecule has 0 aliphatic heterocycles. The van der Waals surface area contributed by atoms with Crippen LogP contribution in [0.3, 0.4) is 0 Å². The van der Waals surface area contributed by atoms with Crippen molar-refractivity contribution in [3.05, 3.63) is 71.7 Å². The molecule has 1 heterocycles. The minimum Gasteiger partial charge on any atom is -0.349 e. The van der Waals surface area contributed by atoms with Crippen molar-refractivity contribution in [3.8, 4) is 0 Å². The maximum absolute atomic E-state index is 12.3. The van der Waals surface area contributed by atoms with Gasteiger partial charge < -0.3 is 16.0 Å². The summed E-state index contributed by atoms with van der Waals surface area (Å²) in [6, 6.07) is 12.3. The maximum Gasteiger partial charge on any atom is 0.267 e. The van der Waals surface area contributed by atoms with Crippen LogP contribution in [0.5, 0.6) is 0 Å². The lowest BCUT2D eigenvalue weighted by Crippen LogP contribution is -2.37. The molecule has 2 amide bonds. The molecule has 6 nitrogen and oxygen atoms in total. The second kappa shape index (κ2) is 9.22. The van der Waals surface area contributed by atoms with Gasteiger partial charge in [-0.1, -0.05) is 24.3 Å². The number of hydrogen-bond donors (Lipinski definition) is 3. The molecule has 0 saturated carbocycles. The van der Waals surface area contributed by atoms with Gasteiger partial charge in [0.25, 0.3) is 11.8 Å². The summed E-state index contributed by atoms with van der Waals surface area (Å²) in [6.45, 7) is 1.10. The summed E-state index contributed by atoms with van der Waals surface area (Å²) in [7, 11) is 1.80. The molecule has 24 heavy (non-hydrogen) atoms. The van der Waals surface area contributed by atoms with Gasteiger partial charge >= 0.3 is 0 Å². The zero-order valence-electron chi connectivity index (χ0n) is 13.5. The molecule has 0 aliphatic rings. The number of pyridine rings is 1. The summed E-state index contributed by atoms with van der Waals surface area (Å²) < 4.78 is 0. The Balaban J connectivity index is 2.17. The molecule has 0 unspecified atom stereocenters. The molecule has 1 aromatic heterocycles. The Hall–Kier alpha value is -2.99. The topological polar surface area (TPSA) is 83.1 Å². The second-order valence-electron chi connectivity index (χ2n) is 5.02. The minimum absolute atomic E-state index is 0.174. The molecular formula is C18H20N4O2. The third-order valence-corrected chi connectivity index (χ3v) is 3.18. The van der Waals surface area contributed by atoms with Crippen molar-refractivity contribution in [1.82, 2.24) is 20.9 Å². The van der Waals surface area contributed by atoms with E-state index >= 15 is 0 Å². The molecule has 1 aromatic carbocycles. The van der Waals surface area contributed by atoms with E-state index in [0.717, 1.165) is 5.56 Å². The number of likely N-dealkylation sites (N-methyl/N-ethyl adjacent to an activating group) is 1. The van der Waals surface area contributed by atoms with Crippen LogP contribution in [0.15, 0.2) is 60.6 Å². The number of carbonyl (C=O) groups is 2. The third-order valence-electron chi connectivity index (χ3n) is 3.18. The standard InChI is InChI=1S/C18H20N4O2/c1-19-10-11-21-18(24)16(12-14-6-5-9-20-13-14)22-17(23)15-7-3-2-4-8-15/h2-9,12-13,19H,10-11H2,1H3,(H,21,24)(H,22,23)/b16-12+. The lowest BCUT2D eigenvalue weighted by molar-refractivity contribution is -0.117. The molecule has 0 saturated heterocycles. The lowest BCUT2D eigenvalue weighted by Gasteiger charge is -2.11. The Kier molecular flexibility index (Phi) is 6.67.